The standard InChI is InChI=1S/C26H22ClFN2O3/c1-3-32-24-14-19(12-20(15-29)26(31)30-23-10-5-4-9-22(23)28)13-21(27)25(24)33-16-18-8-6-7-17(2)11-18/h4-14H,3,16H2,1-2H3,(H,30,31)/b20-12-. The van der Waals surface area contributed by atoms with Crippen LogP contribution in [-0.4, -0.2) is 12.5 Å². The molecule has 3 rings (SSSR count). The van der Waals surface area contributed by atoms with Gasteiger partial charge in [0, 0.05) is 0 Å². The highest BCUT2D eigenvalue weighted by Crippen LogP contribution is 2.38. The van der Waals surface area contributed by atoms with Gasteiger partial charge >= 0.3 is 0 Å². The molecule has 0 saturated carbocycles. The predicted octanol–water partition coefficient (Wildman–Crippen LogP) is 6.31. The quantitative estimate of drug-likeness (QED) is 0.313. The molecule has 0 unspecified atom stereocenters. The van der Waals surface area contributed by atoms with E-state index in [1.165, 1.54) is 24.3 Å². The molecule has 168 valence electrons. The Balaban J connectivity index is 1.86. The van der Waals surface area contributed by atoms with E-state index in [2.05, 4.69) is 5.32 Å². The average Bonchev–Trinajstić information content (AvgIpc) is 2.78. The summed E-state index contributed by atoms with van der Waals surface area (Å²) in [5.41, 5.74) is 2.33. The average molecular weight is 465 g/mol. The number of anilines is 1. The molecular weight excluding hydrogens is 443 g/mol. The van der Waals surface area contributed by atoms with Gasteiger partial charge in [0.25, 0.3) is 5.91 Å². The molecule has 0 bridgehead atoms. The van der Waals surface area contributed by atoms with Gasteiger partial charge in [-0.25, -0.2) is 4.39 Å². The minimum Gasteiger partial charge on any atom is -0.490 e. The number of para-hydroxylation sites is 1. The first-order valence-corrected chi connectivity index (χ1v) is 10.6. The molecule has 1 N–H and O–H groups in total. The first-order valence-electron chi connectivity index (χ1n) is 10.2. The summed E-state index contributed by atoms with van der Waals surface area (Å²) in [6.07, 6.45) is 1.36. The molecule has 33 heavy (non-hydrogen) atoms. The molecule has 3 aromatic rings. The van der Waals surface area contributed by atoms with Crippen LogP contribution in [0.15, 0.2) is 66.2 Å². The van der Waals surface area contributed by atoms with E-state index in [0.717, 1.165) is 11.1 Å². The van der Waals surface area contributed by atoms with E-state index >= 15 is 0 Å². The summed E-state index contributed by atoms with van der Waals surface area (Å²) in [6.45, 7) is 4.48. The van der Waals surface area contributed by atoms with Crippen molar-refractivity contribution in [2.45, 2.75) is 20.5 Å². The Hall–Kier alpha value is -3.82. The molecule has 1 amide bonds. The van der Waals surface area contributed by atoms with E-state index in [4.69, 9.17) is 21.1 Å². The summed E-state index contributed by atoms with van der Waals surface area (Å²) in [7, 11) is 0. The smallest absolute Gasteiger partial charge is 0.266 e. The lowest BCUT2D eigenvalue weighted by atomic mass is 10.1. The molecule has 0 fully saturated rings. The van der Waals surface area contributed by atoms with Gasteiger partial charge in [-0.1, -0.05) is 53.6 Å². The summed E-state index contributed by atoms with van der Waals surface area (Å²) in [6, 6.07) is 18.7. The van der Waals surface area contributed by atoms with Crippen molar-refractivity contribution in [2.75, 3.05) is 11.9 Å². The number of aryl methyl sites for hydroxylation is 1. The van der Waals surface area contributed by atoms with Crippen LogP contribution in [0.2, 0.25) is 5.02 Å². The number of carbonyl (C=O) groups excluding carboxylic acids is 1. The number of amides is 1. The van der Waals surface area contributed by atoms with E-state index in [0.29, 0.717) is 30.3 Å². The monoisotopic (exact) mass is 464 g/mol. The first kappa shape index (κ1) is 23.8. The molecular formula is C26H22ClFN2O3. The Kier molecular flexibility index (Phi) is 8.06. The molecule has 0 aliphatic carbocycles. The number of carbonyl (C=O) groups is 1. The number of nitriles is 1. The van der Waals surface area contributed by atoms with Gasteiger partial charge in [0.15, 0.2) is 11.5 Å². The predicted molar refractivity (Wildman–Crippen MR) is 127 cm³/mol. The van der Waals surface area contributed by atoms with Gasteiger partial charge in [0.1, 0.15) is 24.1 Å². The summed E-state index contributed by atoms with van der Waals surface area (Å²) < 4.78 is 25.4. The lowest BCUT2D eigenvalue weighted by molar-refractivity contribution is -0.112. The molecule has 0 aliphatic heterocycles. The second kappa shape index (κ2) is 11.2. The van der Waals surface area contributed by atoms with Crippen LogP contribution in [0.5, 0.6) is 11.5 Å². The van der Waals surface area contributed by atoms with Crippen LogP contribution in [0.1, 0.15) is 23.6 Å². The van der Waals surface area contributed by atoms with Crippen molar-refractivity contribution >= 4 is 29.3 Å². The molecule has 0 saturated heterocycles. The third-order valence-corrected chi connectivity index (χ3v) is 4.88. The van der Waals surface area contributed by atoms with Crippen molar-refractivity contribution in [1.82, 2.24) is 0 Å². The lowest BCUT2D eigenvalue weighted by Gasteiger charge is -2.15. The van der Waals surface area contributed by atoms with Crippen LogP contribution in [-0.2, 0) is 11.4 Å². The minimum absolute atomic E-state index is 0.0171. The van der Waals surface area contributed by atoms with Crippen LogP contribution in [0.25, 0.3) is 6.08 Å². The van der Waals surface area contributed by atoms with Crippen molar-refractivity contribution < 1.29 is 18.7 Å². The maximum Gasteiger partial charge on any atom is 0.266 e. The van der Waals surface area contributed by atoms with Crippen LogP contribution < -0.4 is 14.8 Å². The fourth-order valence-electron chi connectivity index (χ4n) is 3.10. The van der Waals surface area contributed by atoms with Gasteiger partial charge in [-0.3, -0.25) is 4.79 Å². The minimum atomic E-state index is -0.739. The molecule has 0 heterocycles. The van der Waals surface area contributed by atoms with Gasteiger partial charge in [-0.15, -0.1) is 0 Å². The largest absolute Gasteiger partial charge is 0.490 e. The van der Waals surface area contributed by atoms with Crippen molar-refractivity contribution in [3.8, 4) is 17.6 Å². The molecule has 0 radical (unpaired) electrons. The Labute approximate surface area is 197 Å². The van der Waals surface area contributed by atoms with Crippen LogP contribution >= 0.6 is 11.6 Å². The summed E-state index contributed by atoms with van der Waals surface area (Å²) in [4.78, 5) is 12.5. The second-order valence-corrected chi connectivity index (χ2v) is 7.55. The number of nitrogens with zero attached hydrogens (tertiary/aromatic N) is 1. The summed E-state index contributed by atoms with van der Waals surface area (Å²) in [5, 5.41) is 12.1. The molecule has 0 spiro atoms. The SMILES string of the molecule is CCOc1cc(/C=C(/C#N)C(=O)Nc2ccccc2F)cc(Cl)c1OCc1cccc(C)c1. The fourth-order valence-corrected chi connectivity index (χ4v) is 3.37. The zero-order valence-corrected chi connectivity index (χ0v) is 18.9. The van der Waals surface area contributed by atoms with Crippen molar-refractivity contribution in [1.29, 1.82) is 5.26 Å². The third-order valence-electron chi connectivity index (χ3n) is 4.60. The molecule has 0 aliphatic rings. The fraction of sp³-hybridized carbons (Fsp3) is 0.154. The zero-order valence-electron chi connectivity index (χ0n) is 18.2. The topological polar surface area (TPSA) is 71.3 Å². The van der Waals surface area contributed by atoms with Gasteiger partial charge < -0.3 is 14.8 Å². The van der Waals surface area contributed by atoms with Crippen molar-refractivity contribution in [3.63, 3.8) is 0 Å². The zero-order chi connectivity index (χ0) is 23.8. The summed E-state index contributed by atoms with van der Waals surface area (Å²) >= 11 is 6.46. The number of nitrogens with one attached hydrogen (secondary N) is 1. The van der Waals surface area contributed by atoms with E-state index in [9.17, 15) is 14.4 Å². The second-order valence-electron chi connectivity index (χ2n) is 7.14. The van der Waals surface area contributed by atoms with Crippen molar-refractivity contribution in [2.24, 2.45) is 0 Å². The Bertz CT molecular complexity index is 1230. The molecule has 7 heteroatoms. The molecule has 0 atom stereocenters. The summed E-state index contributed by atoms with van der Waals surface area (Å²) in [5.74, 6) is -0.585. The van der Waals surface area contributed by atoms with E-state index in [1.807, 2.05) is 44.2 Å². The number of hydrogen-bond donors (Lipinski definition) is 1. The maximum atomic E-state index is 13.8. The third kappa shape index (κ3) is 6.34. The van der Waals surface area contributed by atoms with Gasteiger partial charge in [0.2, 0.25) is 0 Å². The molecule has 5 nitrogen and oxygen atoms in total. The number of halogens is 2. The van der Waals surface area contributed by atoms with Gasteiger partial charge in [-0.05, 0) is 55.3 Å². The number of rotatable bonds is 8. The van der Waals surface area contributed by atoms with Gasteiger partial charge in [-0.2, -0.15) is 5.26 Å². The molecule has 3 aromatic carbocycles. The van der Waals surface area contributed by atoms with Crippen LogP contribution in [0.4, 0.5) is 10.1 Å². The highest BCUT2D eigenvalue weighted by molar-refractivity contribution is 6.32. The van der Waals surface area contributed by atoms with Gasteiger partial charge in [0.05, 0.1) is 17.3 Å². The maximum absolute atomic E-state index is 13.8. The highest BCUT2D eigenvalue weighted by Gasteiger charge is 2.16. The Morgan fingerprint density at radius 3 is 2.64 bits per heavy atom. The Morgan fingerprint density at radius 2 is 1.94 bits per heavy atom. The number of hydrogen-bond acceptors (Lipinski definition) is 4. The lowest BCUT2D eigenvalue weighted by Crippen LogP contribution is -2.14. The number of ether oxygens (including phenoxy) is 2. The Morgan fingerprint density at radius 1 is 1.15 bits per heavy atom. The van der Waals surface area contributed by atoms with E-state index < -0.39 is 11.7 Å². The normalized spacial score (nSPS) is 10.9. The first-order chi connectivity index (χ1) is 15.9. The number of benzene rings is 3. The highest BCUT2D eigenvalue weighted by atomic mass is 35.5. The van der Waals surface area contributed by atoms with E-state index in [-0.39, 0.29) is 16.3 Å². The van der Waals surface area contributed by atoms with E-state index in [1.54, 1.807) is 18.2 Å². The van der Waals surface area contributed by atoms with Crippen LogP contribution in [0, 0.1) is 24.1 Å². The van der Waals surface area contributed by atoms with Crippen molar-refractivity contribution in [3.05, 3.63) is 93.8 Å². The van der Waals surface area contributed by atoms with Crippen LogP contribution in [0.3, 0.4) is 0 Å². The molecule has 0 aromatic heterocycles.